The lowest BCUT2D eigenvalue weighted by Crippen LogP contribution is -2.01. The maximum absolute atomic E-state index is 12.9. The fraction of sp³-hybridized carbons (Fsp3) is 0.278. The molecule has 2 aromatic carbocycles. The van der Waals surface area contributed by atoms with Gasteiger partial charge in [-0.25, -0.2) is 4.39 Å². The Morgan fingerprint density at radius 2 is 1.50 bits per heavy atom. The monoisotopic (exact) mass is 267 g/mol. The smallest absolute Gasteiger partial charge is 0.123 e. The Hall–Kier alpha value is -2.14. The molecule has 0 saturated heterocycles. The van der Waals surface area contributed by atoms with E-state index < -0.39 is 0 Å². The number of nitrogens with zero attached hydrogens (tertiary/aromatic N) is 1. The molecule has 0 radical (unpaired) electrons. The molecule has 0 saturated carbocycles. The summed E-state index contributed by atoms with van der Waals surface area (Å²) in [5.74, 6) is 0.0481. The number of nitriles is 1. The highest BCUT2D eigenvalue weighted by molar-refractivity contribution is 5.32. The van der Waals surface area contributed by atoms with Gasteiger partial charge in [0.15, 0.2) is 0 Å². The summed E-state index contributed by atoms with van der Waals surface area (Å²) in [7, 11) is 0. The molecule has 0 bridgehead atoms. The van der Waals surface area contributed by atoms with E-state index in [0.717, 1.165) is 11.1 Å². The predicted molar refractivity (Wildman–Crippen MR) is 79.0 cm³/mol. The van der Waals surface area contributed by atoms with Gasteiger partial charge in [0, 0.05) is 0 Å². The third-order valence-corrected chi connectivity index (χ3v) is 3.51. The van der Waals surface area contributed by atoms with Gasteiger partial charge in [0.05, 0.1) is 12.0 Å². The molecular weight excluding hydrogens is 249 g/mol. The van der Waals surface area contributed by atoms with Gasteiger partial charge in [0.2, 0.25) is 0 Å². The van der Waals surface area contributed by atoms with Gasteiger partial charge in [0.1, 0.15) is 5.82 Å². The minimum absolute atomic E-state index is 0.193. The maximum Gasteiger partial charge on any atom is 0.123 e. The Kier molecular flexibility index (Phi) is 4.53. The molecule has 102 valence electrons. The van der Waals surface area contributed by atoms with E-state index in [1.54, 1.807) is 12.1 Å². The zero-order valence-corrected chi connectivity index (χ0v) is 11.8. The molecule has 1 nitrogen and oxygen atoms in total. The zero-order chi connectivity index (χ0) is 14.5. The van der Waals surface area contributed by atoms with Gasteiger partial charge < -0.3 is 0 Å². The van der Waals surface area contributed by atoms with Crippen molar-refractivity contribution < 1.29 is 4.39 Å². The highest BCUT2D eigenvalue weighted by Gasteiger charge is 2.12. The molecule has 1 unspecified atom stereocenters. The lowest BCUT2D eigenvalue weighted by Gasteiger charge is -2.12. The van der Waals surface area contributed by atoms with Crippen LogP contribution in [-0.4, -0.2) is 0 Å². The van der Waals surface area contributed by atoms with Crippen LogP contribution in [0, 0.1) is 17.1 Å². The molecule has 0 aliphatic heterocycles. The van der Waals surface area contributed by atoms with Crippen molar-refractivity contribution in [2.24, 2.45) is 0 Å². The molecule has 1 atom stereocenters. The first-order chi connectivity index (χ1) is 9.60. The summed E-state index contributed by atoms with van der Waals surface area (Å²) >= 11 is 0. The van der Waals surface area contributed by atoms with Crippen molar-refractivity contribution in [1.29, 1.82) is 5.26 Å². The van der Waals surface area contributed by atoms with E-state index in [4.69, 9.17) is 0 Å². The molecule has 2 aromatic rings. The van der Waals surface area contributed by atoms with Crippen LogP contribution in [0.4, 0.5) is 4.39 Å². The first-order valence-electron chi connectivity index (χ1n) is 6.84. The Balaban J connectivity index is 2.16. The molecule has 0 aromatic heterocycles. The summed E-state index contributed by atoms with van der Waals surface area (Å²) < 4.78 is 12.9. The molecule has 0 fully saturated rings. The lowest BCUT2D eigenvalue weighted by atomic mass is 9.91. The second-order valence-electron chi connectivity index (χ2n) is 5.33. The van der Waals surface area contributed by atoms with Crippen molar-refractivity contribution >= 4 is 0 Å². The average molecular weight is 267 g/mol. The molecule has 2 rings (SSSR count). The van der Waals surface area contributed by atoms with Gasteiger partial charge >= 0.3 is 0 Å². The van der Waals surface area contributed by atoms with Crippen LogP contribution in [0.5, 0.6) is 0 Å². The fourth-order valence-electron chi connectivity index (χ4n) is 2.21. The fourth-order valence-corrected chi connectivity index (χ4v) is 2.21. The first-order valence-corrected chi connectivity index (χ1v) is 6.84. The molecule has 0 heterocycles. The highest BCUT2D eigenvalue weighted by atomic mass is 19.1. The summed E-state index contributed by atoms with van der Waals surface area (Å²) in [5, 5.41) is 9.35. The molecular formula is C18H18FN. The summed E-state index contributed by atoms with van der Waals surface area (Å²) in [4.78, 5) is 0. The minimum atomic E-state index is -0.247. The van der Waals surface area contributed by atoms with Gasteiger partial charge in [0.25, 0.3) is 0 Å². The van der Waals surface area contributed by atoms with Crippen LogP contribution in [0.15, 0.2) is 48.5 Å². The number of rotatable bonds is 4. The van der Waals surface area contributed by atoms with Crippen LogP contribution in [0.2, 0.25) is 0 Å². The third kappa shape index (κ3) is 3.45. The largest absolute Gasteiger partial charge is 0.207 e. The number of hydrogen-bond acceptors (Lipinski definition) is 1. The van der Waals surface area contributed by atoms with Gasteiger partial charge in [-0.1, -0.05) is 50.2 Å². The Morgan fingerprint density at radius 3 is 2.00 bits per heavy atom. The molecule has 20 heavy (non-hydrogen) atoms. The molecule has 2 heteroatoms. The second kappa shape index (κ2) is 6.34. The van der Waals surface area contributed by atoms with Crippen LogP contribution in [0.25, 0.3) is 0 Å². The first kappa shape index (κ1) is 14.3. The Morgan fingerprint density at radius 1 is 0.950 bits per heavy atom. The second-order valence-corrected chi connectivity index (χ2v) is 5.33. The van der Waals surface area contributed by atoms with E-state index in [-0.39, 0.29) is 11.7 Å². The van der Waals surface area contributed by atoms with Crippen LogP contribution in [0.1, 0.15) is 42.4 Å². The van der Waals surface area contributed by atoms with E-state index in [2.05, 4.69) is 32.0 Å². The third-order valence-electron chi connectivity index (χ3n) is 3.51. The quantitative estimate of drug-likeness (QED) is 0.780. The summed E-state index contributed by atoms with van der Waals surface area (Å²) in [6.45, 7) is 4.30. The lowest BCUT2D eigenvalue weighted by molar-refractivity contribution is 0.626. The van der Waals surface area contributed by atoms with E-state index >= 15 is 0 Å². The molecule has 0 amide bonds. The van der Waals surface area contributed by atoms with Crippen molar-refractivity contribution in [1.82, 2.24) is 0 Å². The molecule has 0 spiro atoms. The Labute approximate surface area is 119 Å². The highest BCUT2D eigenvalue weighted by Crippen LogP contribution is 2.23. The summed E-state index contributed by atoms with van der Waals surface area (Å²) in [6.07, 6.45) is 0.609. The molecule has 0 N–H and O–H groups in total. The normalized spacial score (nSPS) is 12.2. The van der Waals surface area contributed by atoms with Crippen LogP contribution in [-0.2, 0) is 6.42 Å². The van der Waals surface area contributed by atoms with Crippen LogP contribution >= 0.6 is 0 Å². The number of benzene rings is 2. The van der Waals surface area contributed by atoms with Crippen LogP contribution in [0.3, 0.4) is 0 Å². The van der Waals surface area contributed by atoms with Crippen molar-refractivity contribution in [3.05, 3.63) is 71.0 Å². The van der Waals surface area contributed by atoms with Gasteiger partial charge in [-0.15, -0.1) is 0 Å². The van der Waals surface area contributed by atoms with Gasteiger partial charge in [-0.3, -0.25) is 0 Å². The minimum Gasteiger partial charge on any atom is -0.207 e. The molecule has 0 aliphatic carbocycles. The van der Waals surface area contributed by atoms with Crippen molar-refractivity contribution in [3.63, 3.8) is 0 Å². The van der Waals surface area contributed by atoms with Crippen molar-refractivity contribution in [2.45, 2.75) is 32.1 Å². The van der Waals surface area contributed by atoms with Crippen molar-refractivity contribution in [2.75, 3.05) is 0 Å². The summed E-state index contributed by atoms with van der Waals surface area (Å²) in [5.41, 5.74) is 3.26. The SMILES string of the molecule is CC(C)c1ccc(C(C#N)Cc2ccc(F)cc2)cc1. The summed E-state index contributed by atoms with van der Waals surface area (Å²) in [6, 6.07) is 16.9. The maximum atomic E-state index is 12.9. The van der Waals surface area contributed by atoms with Crippen LogP contribution < -0.4 is 0 Å². The van der Waals surface area contributed by atoms with E-state index in [0.29, 0.717) is 12.3 Å². The van der Waals surface area contributed by atoms with Gasteiger partial charge in [-0.05, 0) is 41.2 Å². The average Bonchev–Trinajstić information content (AvgIpc) is 2.47. The van der Waals surface area contributed by atoms with E-state index in [1.807, 2.05) is 12.1 Å². The van der Waals surface area contributed by atoms with Crippen molar-refractivity contribution in [3.8, 4) is 6.07 Å². The topological polar surface area (TPSA) is 23.8 Å². The predicted octanol–water partition coefficient (Wildman–Crippen LogP) is 4.80. The standard InChI is InChI=1S/C18H18FN/c1-13(2)15-5-7-16(8-6-15)17(12-20)11-14-3-9-18(19)10-4-14/h3-10,13,17H,11H2,1-2H3. The number of halogens is 1. The number of hydrogen-bond donors (Lipinski definition) is 0. The Bertz CT molecular complexity index is 591. The van der Waals surface area contributed by atoms with E-state index in [9.17, 15) is 9.65 Å². The van der Waals surface area contributed by atoms with Gasteiger partial charge in [-0.2, -0.15) is 5.26 Å². The zero-order valence-electron chi connectivity index (χ0n) is 11.8. The van der Waals surface area contributed by atoms with E-state index in [1.165, 1.54) is 17.7 Å². The molecule has 0 aliphatic rings.